The molecule has 0 bridgehead atoms. The number of rotatable bonds is 5. The van der Waals surface area contributed by atoms with Crippen LogP contribution >= 0.6 is 0 Å². The largest absolute Gasteiger partial charge is 0.924 e. The fourth-order valence-corrected chi connectivity index (χ4v) is 5.69. The Morgan fingerprint density at radius 2 is 1.79 bits per heavy atom. The molecule has 42 heavy (non-hydrogen) atoms. The highest BCUT2D eigenvalue weighted by Crippen LogP contribution is 2.43. The first-order valence-electron chi connectivity index (χ1n) is 13.5. The average molecular weight is 558 g/mol. The normalized spacial score (nSPS) is 20.9. The van der Waals surface area contributed by atoms with E-state index in [1.807, 2.05) is 92.7 Å². The molecule has 206 valence electrons. The molecule has 4 aliphatic rings. The van der Waals surface area contributed by atoms with Crippen molar-refractivity contribution in [1.82, 2.24) is 9.88 Å². The summed E-state index contributed by atoms with van der Waals surface area (Å²) >= 11 is 0. The van der Waals surface area contributed by atoms with Crippen LogP contribution < -0.4 is 0 Å². The summed E-state index contributed by atoms with van der Waals surface area (Å²) in [5.74, 6) is 0. The zero-order chi connectivity index (χ0) is 29.4. The van der Waals surface area contributed by atoms with Crippen molar-refractivity contribution in [2.75, 3.05) is 7.05 Å². The number of halogens is 2. The van der Waals surface area contributed by atoms with Crippen LogP contribution in [-0.4, -0.2) is 44.3 Å². The Labute approximate surface area is 242 Å². The highest BCUT2D eigenvalue weighted by Gasteiger charge is 2.67. The van der Waals surface area contributed by atoms with Gasteiger partial charge < -0.3 is 13.5 Å². The maximum atomic E-state index is 17.0. The lowest BCUT2D eigenvalue weighted by molar-refractivity contribution is -0.512. The van der Waals surface area contributed by atoms with Crippen molar-refractivity contribution in [3.63, 3.8) is 0 Å². The van der Waals surface area contributed by atoms with Gasteiger partial charge in [-0.15, -0.1) is 0 Å². The molecular weight excluding hydrogens is 531 g/mol. The first-order valence-corrected chi connectivity index (χ1v) is 13.5. The molecule has 0 radical (unpaired) electrons. The number of hydrogen-bond acceptors (Lipinski definition) is 3. The van der Waals surface area contributed by atoms with Gasteiger partial charge in [-0.1, -0.05) is 41.5 Å². The number of allylic oxidation sites excluding steroid dienone is 11. The molecule has 2 aromatic rings. The number of benzene rings is 1. The molecule has 1 aromatic carbocycles. The van der Waals surface area contributed by atoms with Gasteiger partial charge in [0.1, 0.15) is 5.57 Å². The zero-order valence-electron chi connectivity index (χ0n) is 23.4. The predicted molar refractivity (Wildman–Crippen MR) is 164 cm³/mol. The minimum Gasteiger partial charge on any atom is -0.351 e. The lowest BCUT2D eigenvalue weighted by Gasteiger charge is -2.27. The molecule has 4 aliphatic heterocycles. The molecule has 7 nitrogen and oxygen atoms in total. The second-order valence-corrected chi connectivity index (χ2v) is 10.3. The van der Waals surface area contributed by atoms with Crippen molar-refractivity contribution in [2.24, 2.45) is 5.11 Å². The molecule has 10 heteroatoms. The van der Waals surface area contributed by atoms with Crippen molar-refractivity contribution in [2.45, 2.75) is 13.8 Å². The maximum absolute atomic E-state index is 17.0. The number of nitrogens with zero attached hydrogens (tertiary/aromatic N) is 7. The lowest BCUT2D eigenvalue weighted by Crippen LogP contribution is -2.55. The van der Waals surface area contributed by atoms with E-state index in [9.17, 15) is 0 Å². The van der Waals surface area contributed by atoms with E-state index in [4.69, 9.17) is 5.53 Å². The first-order chi connectivity index (χ1) is 20.3. The maximum Gasteiger partial charge on any atom is 0.924 e. The predicted octanol–water partition coefficient (Wildman–Crippen LogP) is 7.45. The summed E-state index contributed by atoms with van der Waals surface area (Å²) in [5, 5.41) is 3.68. The Bertz CT molecular complexity index is 1860. The Morgan fingerprint density at radius 3 is 2.50 bits per heavy atom. The van der Waals surface area contributed by atoms with Gasteiger partial charge in [0.25, 0.3) is 0 Å². The number of aromatic nitrogens is 1. The molecule has 0 saturated heterocycles. The molecule has 1 aromatic heterocycles. The molecule has 0 aliphatic carbocycles. The zero-order valence-corrected chi connectivity index (χ0v) is 23.4. The number of likely N-dealkylation sites (N-methyl/N-ethyl adjacent to an activating group) is 1. The topological polar surface area (TPSA) is 70.9 Å². The Hall–Kier alpha value is -5.34. The van der Waals surface area contributed by atoms with Gasteiger partial charge in [0.2, 0.25) is 0 Å². The van der Waals surface area contributed by atoms with Crippen molar-refractivity contribution >= 4 is 35.7 Å². The van der Waals surface area contributed by atoms with E-state index in [0.29, 0.717) is 39.8 Å². The molecule has 0 unspecified atom stereocenters. The second kappa shape index (κ2) is 10.6. The van der Waals surface area contributed by atoms with E-state index in [1.54, 1.807) is 42.6 Å². The SMILES string of the molecule is CC1=CC(/C=C/c2ccccn2)=[N+]2C1=C(c1ccc(N=[N+]=[N-])cc1)C1=[N+](C(=CC=C3C=CC=CN3C)C=C1C)[B-]2(F)F. The van der Waals surface area contributed by atoms with Gasteiger partial charge in [-0.05, 0) is 61.4 Å². The summed E-state index contributed by atoms with van der Waals surface area (Å²) < 4.78 is 36.2. The average Bonchev–Trinajstić information content (AvgIpc) is 3.50. The lowest BCUT2D eigenvalue weighted by atomic mass is 9.82. The number of fused-ring (bicyclic) bond motifs is 1. The highest BCUT2D eigenvalue weighted by atomic mass is 19.2. The van der Waals surface area contributed by atoms with Gasteiger partial charge in [0, 0.05) is 71.2 Å². The molecule has 6 rings (SSSR count). The summed E-state index contributed by atoms with van der Waals surface area (Å²) in [7, 11) is 1.91. The number of pyridine rings is 1. The fraction of sp³-hybridized carbons (Fsp3) is 0.0938. The van der Waals surface area contributed by atoms with Crippen molar-refractivity contribution in [1.29, 1.82) is 0 Å². The molecule has 5 heterocycles. The first kappa shape index (κ1) is 26.9. The third-order valence-corrected chi connectivity index (χ3v) is 7.56. The van der Waals surface area contributed by atoms with Crippen LogP contribution in [-0.2, 0) is 0 Å². The van der Waals surface area contributed by atoms with Gasteiger partial charge >= 0.3 is 6.97 Å². The van der Waals surface area contributed by atoms with Crippen LogP contribution in [0.4, 0.5) is 14.3 Å². The van der Waals surface area contributed by atoms with Crippen LogP contribution in [0.25, 0.3) is 22.1 Å². The Morgan fingerprint density at radius 1 is 0.976 bits per heavy atom. The van der Waals surface area contributed by atoms with Gasteiger partial charge in [0.05, 0.1) is 5.69 Å². The van der Waals surface area contributed by atoms with Gasteiger partial charge in [-0.25, -0.2) is 0 Å². The van der Waals surface area contributed by atoms with Crippen LogP contribution in [0.2, 0.25) is 0 Å². The van der Waals surface area contributed by atoms with Gasteiger partial charge in [0.15, 0.2) is 22.8 Å². The molecule has 0 amide bonds. The number of azide groups is 1. The summed E-state index contributed by atoms with van der Waals surface area (Å²) in [6.07, 6.45) is 20.0. The van der Waals surface area contributed by atoms with E-state index in [0.717, 1.165) is 26.9 Å². The smallest absolute Gasteiger partial charge is 0.351 e. The van der Waals surface area contributed by atoms with Gasteiger partial charge in [-0.3, -0.25) is 14.0 Å². The van der Waals surface area contributed by atoms with E-state index in [2.05, 4.69) is 15.0 Å². The third-order valence-electron chi connectivity index (χ3n) is 7.56. The monoisotopic (exact) mass is 558 g/mol. The van der Waals surface area contributed by atoms with E-state index >= 15 is 8.63 Å². The number of hydrogen-bond donors (Lipinski definition) is 0. The third kappa shape index (κ3) is 4.58. The van der Waals surface area contributed by atoms with Crippen LogP contribution in [0.3, 0.4) is 0 Å². The summed E-state index contributed by atoms with van der Waals surface area (Å²) in [4.78, 5) is 9.11. The summed E-state index contributed by atoms with van der Waals surface area (Å²) in [6, 6.07) is 12.5. The van der Waals surface area contributed by atoms with E-state index in [1.165, 1.54) is 4.49 Å². The summed E-state index contributed by atoms with van der Waals surface area (Å²) in [5.41, 5.74) is 15.5. The standard InChI is InChI=1S/C32H27BF2N7/c1-22-20-28(15-14-25-8-4-6-18-37-25)41-31(22)30(24-10-12-26(13-11-24)38-39-36)32-23(2)21-29(42(32)33(41,34)35)17-16-27-9-5-7-19-40(27)3/h4-21H,1-3H3/q+1/b15-14+,27-16?,29-17?. The van der Waals surface area contributed by atoms with E-state index in [-0.39, 0.29) is 0 Å². The molecule has 0 fully saturated rings. The molecule has 0 N–H and O–H groups in total. The highest BCUT2D eigenvalue weighted by molar-refractivity contribution is 6.55. The fourth-order valence-electron chi connectivity index (χ4n) is 5.69. The molecular formula is C32H27BF2N7+. The minimum absolute atomic E-state index is 0.378. The van der Waals surface area contributed by atoms with Crippen molar-refractivity contribution in [3.8, 4) is 0 Å². The quantitative estimate of drug-likeness (QED) is 0.166. The second-order valence-electron chi connectivity index (χ2n) is 10.3. The van der Waals surface area contributed by atoms with Gasteiger partial charge in [-0.2, -0.15) is 0 Å². The van der Waals surface area contributed by atoms with E-state index < -0.39 is 6.97 Å². The molecule has 0 saturated carbocycles. The van der Waals surface area contributed by atoms with Crippen LogP contribution in [0.1, 0.15) is 25.1 Å². The minimum atomic E-state index is -4.29. The molecule has 0 atom stereocenters. The van der Waals surface area contributed by atoms with Crippen molar-refractivity contribution < 1.29 is 17.6 Å². The molecule has 0 spiro atoms. The van der Waals surface area contributed by atoms with Crippen LogP contribution in [0.15, 0.2) is 137 Å². The van der Waals surface area contributed by atoms with Crippen LogP contribution in [0.5, 0.6) is 0 Å². The Balaban J connectivity index is 1.59. The van der Waals surface area contributed by atoms with Crippen molar-refractivity contribution in [3.05, 3.63) is 153 Å². The summed E-state index contributed by atoms with van der Waals surface area (Å²) in [6.45, 7) is -0.574. The van der Waals surface area contributed by atoms with Crippen LogP contribution in [0, 0.1) is 0 Å². The Kier molecular flexibility index (Phi) is 6.76.